The lowest BCUT2D eigenvalue weighted by molar-refractivity contribution is 0.108. The predicted octanol–water partition coefficient (Wildman–Crippen LogP) is 5.13. The third-order valence-corrected chi connectivity index (χ3v) is 5.62. The maximum Gasteiger partial charge on any atom is 0.252 e. The fourth-order valence-electron chi connectivity index (χ4n) is 3.54. The van der Waals surface area contributed by atoms with Gasteiger partial charge in [-0.05, 0) is 71.5 Å². The predicted molar refractivity (Wildman–Crippen MR) is 96.4 cm³/mol. The van der Waals surface area contributed by atoms with Crippen LogP contribution in [0.2, 0.25) is 0 Å². The molecular formula is C17H24BrClN2O. The Morgan fingerprint density at radius 3 is 2.59 bits per heavy atom. The molecule has 2 N–H and O–H groups in total. The van der Waals surface area contributed by atoms with Gasteiger partial charge in [0.25, 0.3) is 5.24 Å². The number of nitrogens with two attached hydrogens (primary N) is 1. The number of nitrogens with zero attached hydrogens (tertiary/aromatic N) is 1. The van der Waals surface area contributed by atoms with Gasteiger partial charge in [0, 0.05) is 22.1 Å². The SMILES string of the molecule is CCN(C1CCCCC1)C(C)c1cc(C(=O)Cl)cc(Br)c1N. The molecule has 1 unspecified atom stereocenters. The van der Waals surface area contributed by atoms with Crippen molar-refractivity contribution >= 4 is 38.5 Å². The normalized spacial score (nSPS) is 17.7. The van der Waals surface area contributed by atoms with Crippen molar-refractivity contribution in [2.45, 2.75) is 58.0 Å². The lowest BCUT2D eigenvalue weighted by Gasteiger charge is -2.38. The van der Waals surface area contributed by atoms with Crippen LogP contribution < -0.4 is 5.73 Å². The highest BCUT2D eigenvalue weighted by Gasteiger charge is 2.27. The second-order valence-electron chi connectivity index (χ2n) is 6.03. The summed E-state index contributed by atoms with van der Waals surface area (Å²) >= 11 is 9.10. The van der Waals surface area contributed by atoms with Gasteiger partial charge in [0.2, 0.25) is 0 Å². The molecule has 1 saturated carbocycles. The summed E-state index contributed by atoms with van der Waals surface area (Å²) in [4.78, 5) is 14.0. The van der Waals surface area contributed by atoms with E-state index >= 15 is 0 Å². The van der Waals surface area contributed by atoms with E-state index in [1.807, 2.05) is 6.07 Å². The van der Waals surface area contributed by atoms with Crippen molar-refractivity contribution in [2.75, 3.05) is 12.3 Å². The van der Waals surface area contributed by atoms with Crippen LogP contribution in [0.3, 0.4) is 0 Å². The topological polar surface area (TPSA) is 46.3 Å². The maximum absolute atomic E-state index is 11.5. The molecule has 2 rings (SSSR count). The first-order chi connectivity index (χ1) is 10.5. The molecule has 122 valence electrons. The van der Waals surface area contributed by atoms with Crippen molar-refractivity contribution in [2.24, 2.45) is 0 Å². The molecule has 0 bridgehead atoms. The Morgan fingerprint density at radius 1 is 1.41 bits per heavy atom. The number of rotatable bonds is 5. The molecule has 1 atom stereocenters. The average molecular weight is 388 g/mol. The van der Waals surface area contributed by atoms with Crippen LogP contribution in [0.15, 0.2) is 16.6 Å². The molecule has 0 radical (unpaired) electrons. The molecule has 0 aliphatic heterocycles. The molecule has 1 aliphatic carbocycles. The van der Waals surface area contributed by atoms with Gasteiger partial charge >= 0.3 is 0 Å². The molecule has 0 spiro atoms. The Labute approximate surface area is 146 Å². The second kappa shape index (κ2) is 7.80. The van der Waals surface area contributed by atoms with E-state index in [4.69, 9.17) is 17.3 Å². The summed E-state index contributed by atoms with van der Waals surface area (Å²) in [7, 11) is 0. The molecule has 0 saturated heterocycles. The fourth-order valence-corrected chi connectivity index (χ4v) is 4.12. The molecule has 1 aromatic rings. The number of carbonyl (C=O) groups excluding carboxylic acids is 1. The number of hydrogen-bond donors (Lipinski definition) is 1. The Bertz CT molecular complexity index is 544. The average Bonchev–Trinajstić information content (AvgIpc) is 2.51. The van der Waals surface area contributed by atoms with Gasteiger partial charge in [-0.1, -0.05) is 26.2 Å². The van der Waals surface area contributed by atoms with Crippen molar-refractivity contribution in [1.82, 2.24) is 4.90 Å². The van der Waals surface area contributed by atoms with Gasteiger partial charge in [-0.3, -0.25) is 9.69 Å². The van der Waals surface area contributed by atoms with Crippen LogP contribution in [0.25, 0.3) is 0 Å². The summed E-state index contributed by atoms with van der Waals surface area (Å²) in [5.74, 6) is 0. The lowest BCUT2D eigenvalue weighted by Crippen LogP contribution is -2.38. The number of benzene rings is 1. The number of anilines is 1. The zero-order valence-corrected chi connectivity index (χ0v) is 15.6. The molecule has 0 aromatic heterocycles. The van der Waals surface area contributed by atoms with E-state index in [1.165, 1.54) is 32.1 Å². The highest BCUT2D eigenvalue weighted by atomic mass is 79.9. The number of halogens is 2. The van der Waals surface area contributed by atoms with Gasteiger partial charge in [0.1, 0.15) is 0 Å². The molecule has 0 heterocycles. The Balaban J connectivity index is 2.33. The van der Waals surface area contributed by atoms with Crippen molar-refractivity contribution in [3.63, 3.8) is 0 Å². The molecule has 3 nitrogen and oxygen atoms in total. The largest absolute Gasteiger partial charge is 0.398 e. The molecule has 1 aliphatic rings. The monoisotopic (exact) mass is 386 g/mol. The highest BCUT2D eigenvalue weighted by Crippen LogP contribution is 2.36. The zero-order valence-electron chi connectivity index (χ0n) is 13.2. The minimum Gasteiger partial charge on any atom is -0.398 e. The Morgan fingerprint density at radius 2 is 2.05 bits per heavy atom. The quantitative estimate of drug-likeness (QED) is 0.563. The van der Waals surface area contributed by atoms with E-state index in [0.29, 0.717) is 17.3 Å². The van der Waals surface area contributed by atoms with Crippen LogP contribution in [0.1, 0.15) is 67.9 Å². The van der Waals surface area contributed by atoms with Gasteiger partial charge in [-0.15, -0.1) is 0 Å². The van der Waals surface area contributed by atoms with E-state index in [0.717, 1.165) is 16.6 Å². The number of hydrogen-bond acceptors (Lipinski definition) is 3. The minimum absolute atomic E-state index is 0.167. The summed E-state index contributed by atoms with van der Waals surface area (Å²) in [5, 5.41) is -0.449. The van der Waals surface area contributed by atoms with Crippen molar-refractivity contribution < 1.29 is 4.79 Å². The van der Waals surface area contributed by atoms with Crippen LogP contribution in [-0.4, -0.2) is 22.7 Å². The zero-order chi connectivity index (χ0) is 16.3. The van der Waals surface area contributed by atoms with Crippen LogP contribution >= 0.6 is 27.5 Å². The van der Waals surface area contributed by atoms with E-state index in [1.54, 1.807) is 6.07 Å². The summed E-state index contributed by atoms with van der Waals surface area (Å²) in [6.45, 7) is 5.33. The molecule has 22 heavy (non-hydrogen) atoms. The van der Waals surface area contributed by atoms with E-state index in [-0.39, 0.29) is 6.04 Å². The highest BCUT2D eigenvalue weighted by molar-refractivity contribution is 9.10. The van der Waals surface area contributed by atoms with Gasteiger partial charge in [-0.2, -0.15) is 0 Å². The number of nitrogen functional groups attached to an aromatic ring is 1. The summed E-state index contributed by atoms with van der Waals surface area (Å²) in [5.41, 5.74) is 8.41. The van der Waals surface area contributed by atoms with E-state index in [9.17, 15) is 4.79 Å². The smallest absolute Gasteiger partial charge is 0.252 e. The summed E-state index contributed by atoms with van der Waals surface area (Å²) in [6.07, 6.45) is 6.42. The fraction of sp³-hybridized carbons (Fsp3) is 0.588. The first-order valence-corrected chi connectivity index (χ1v) is 9.17. The van der Waals surface area contributed by atoms with Crippen molar-refractivity contribution in [3.8, 4) is 0 Å². The van der Waals surface area contributed by atoms with Gasteiger partial charge in [-0.25, -0.2) is 0 Å². The third-order valence-electron chi connectivity index (χ3n) is 4.74. The standard InChI is InChI=1S/C17H24BrClN2O/c1-3-21(13-7-5-4-6-8-13)11(2)14-9-12(17(19)22)10-15(18)16(14)20/h9-11,13H,3-8,20H2,1-2H3. The van der Waals surface area contributed by atoms with Gasteiger partial charge in [0.05, 0.1) is 5.69 Å². The van der Waals surface area contributed by atoms with Crippen LogP contribution in [0.5, 0.6) is 0 Å². The summed E-state index contributed by atoms with van der Waals surface area (Å²) < 4.78 is 0.737. The molecule has 5 heteroatoms. The van der Waals surface area contributed by atoms with Crippen LogP contribution in [0.4, 0.5) is 5.69 Å². The second-order valence-corrected chi connectivity index (χ2v) is 7.23. The van der Waals surface area contributed by atoms with Crippen molar-refractivity contribution in [3.05, 3.63) is 27.7 Å². The third kappa shape index (κ3) is 3.84. The van der Waals surface area contributed by atoms with E-state index < -0.39 is 5.24 Å². The van der Waals surface area contributed by atoms with Crippen LogP contribution in [-0.2, 0) is 0 Å². The first-order valence-electron chi connectivity index (χ1n) is 8.00. The summed E-state index contributed by atoms with van der Waals surface area (Å²) in [6, 6.07) is 4.30. The molecular weight excluding hydrogens is 364 g/mol. The molecule has 1 fully saturated rings. The molecule has 1 aromatic carbocycles. The van der Waals surface area contributed by atoms with Crippen LogP contribution in [0, 0.1) is 0 Å². The Hall–Kier alpha value is -0.580. The Kier molecular flexibility index (Phi) is 6.30. The maximum atomic E-state index is 11.5. The first kappa shape index (κ1) is 17.8. The minimum atomic E-state index is -0.449. The van der Waals surface area contributed by atoms with Crippen molar-refractivity contribution in [1.29, 1.82) is 0 Å². The molecule has 0 amide bonds. The van der Waals surface area contributed by atoms with Gasteiger partial charge in [0.15, 0.2) is 0 Å². The number of carbonyl (C=O) groups is 1. The van der Waals surface area contributed by atoms with Gasteiger partial charge < -0.3 is 5.73 Å². The van der Waals surface area contributed by atoms with E-state index in [2.05, 4.69) is 34.7 Å². The lowest BCUT2D eigenvalue weighted by atomic mass is 9.91.